The first-order chi connectivity index (χ1) is 13.6. The zero-order valence-electron chi connectivity index (χ0n) is 16.1. The molecule has 11 nitrogen and oxygen atoms in total. The average molecular weight is 404 g/mol. The number of rotatable bonds is 7. The molecule has 1 amide bonds. The van der Waals surface area contributed by atoms with Crippen molar-refractivity contribution in [3.8, 4) is 0 Å². The summed E-state index contributed by atoms with van der Waals surface area (Å²) in [7, 11) is 1.16. The van der Waals surface area contributed by atoms with Gasteiger partial charge in [-0.3, -0.25) is 29.3 Å². The van der Waals surface area contributed by atoms with E-state index in [1.807, 2.05) is 0 Å². The van der Waals surface area contributed by atoms with Gasteiger partial charge in [0, 0.05) is 23.4 Å². The average Bonchev–Trinajstić information content (AvgIpc) is 2.69. The summed E-state index contributed by atoms with van der Waals surface area (Å²) in [6.45, 7) is 2.17. The van der Waals surface area contributed by atoms with E-state index in [-0.39, 0.29) is 23.4 Å². The maximum Gasteiger partial charge on any atom is 0.328 e. The van der Waals surface area contributed by atoms with E-state index in [1.165, 1.54) is 38.2 Å². The summed E-state index contributed by atoms with van der Waals surface area (Å²) in [5.74, 6) is -1.38. The van der Waals surface area contributed by atoms with E-state index in [0.29, 0.717) is 0 Å². The van der Waals surface area contributed by atoms with Gasteiger partial charge in [-0.2, -0.15) is 0 Å². The molecule has 11 heteroatoms. The molecule has 0 bridgehead atoms. The van der Waals surface area contributed by atoms with Crippen LogP contribution in [0.5, 0.6) is 0 Å². The van der Waals surface area contributed by atoms with Crippen LogP contribution in [0, 0.1) is 17.0 Å². The monoisotopic (exact) mass is 404 g/mol. The minimum atomic E-state index is -1.06. The molecular weight excluding hydrogens is 384 g/mol. The van der Waals surface area contributed by atoms with Crippen molar-refractivity contribution in [1.82, 2.24) is 14.5 Å². The first-order valence-corrected chi connectivity index (χ1v) is 8.55. The lowest BCUT2D eigenvalue weighted by Gasteiger charge is -2.27. The molecular formula is C18H20N4O7. The van der Waals surface area contributed by atoms with Crippen molar-refractivity contribution in [2.45, 2.75) is 33.0 Å². The summed E-state index contributed by atoms with van der Waals surface area (Å²) in [5.41, 5.74) is -1.13. The van der Waals surface area contributed by atoms with Gasteiger partial charge in [0.1, 0.15) is 12.6 Å². The minimum Gasteiger partial charge on any atom is -0.467 e. The number of nitrogens with one attached hydrogen (secondary N) is 1. The quantitative estimate of drug-likeness (QED) is 0.398. The fraction of sp³-hybridized carbons (Fsp3) is 0.333. The molecule has 1 aromatic carbocycles. The highest BCUT2D eigenvalue weighted by atomic mass is 16.6. The Labute approximate surface area is 164 Å². The number of benzene rings is 1. The maximum atomic E-state index is 12.9. The predicted octanol–water partition coefficient (Wildman–Crippen LogP) is 0.344. The Bertz CT molecular complexity index is 1060. The highest BCUT2D eigenvalue weighted by Crippen LogP contribution is 2.21. The van der Waals surface area contributed by atoms with Gasteiger partial charge < -0.3 is 9.64 Å². The second kappa shape index (κ2) is 8.95. The topological polar surface area (TPSA) is 145 Å². The number of nitrogens with zero attached hydrogens (tertiary/aromatic N) is 3. The predicted molar refractivity (Wildman–Crippen MR) is 101 cm³/mol. The Morgan fingerprint density at radius 2 is 1.97 bits per heavy atom. The number of nitro benzene ring substituents is 1. The molecule has 0 aliphatic carbocycles. The molecule has 1 aromatic heterocycles. The molecule has 0 spiro atoms. The van der Waals surface area contributed by atoms with Gasteiger partial charge in [-0.05, 0) is 13.8 Å². The number of nitro groups is 1. The Kier molecular flexibility index (Phi) is 6.65. The number of esters is 1. The highest BCUT2D eigenvalue weighted by molar-refractivity contribution is 5.84. The number of para-hydroxylation sites is 1. The number of hydrogen-bond acceptors (Lipinski definition) is 7. The van der Waals surface area contributed by atoms with E-state index in [0.717, 1.165) is 16.6 Å². The second-order valence-corrected chi connectivity index (χ2v) is 6.31. The number of ether oxygens (including phenoxy) is 1. The standard InChI is InChI=1S/C18H20N4O7/c1-11-8-20(18(26)19-16(11)24)10-15(23)21(12(2)17(25)29-3)9-13-6-4-5-7-14(13)22(27)28/h4-8,12H,9-10H2,1-3H3,(H,19,24,26)/t12-/m1/s1. The van der Waals surface area contributed by atoms with Gasteiger partial charge in [0.15, 0.2) is 0 Å². The minimum absolute atomic E-state index is 0.209. The summed E-state index contributed by atoms with van der Waals surface area (Å²) in [6.07, 6.45) is 1.23. The SMILES string of the molecule is COC(=O)[C@@H](C)N(Cc1ccccc1[N+](=O)[O-])C(=O)Cn1cc(C)c(=O)[nH]c1=O. The van der Waals surface area contributed by atoms with Crippen LogP contribution in [0.1, 0.15) is 18.1 Å². The first-order valence-electron chi connectivity index (χ1n) is 8.55. The van der Waals surface area contributed by atoms with Crippen molar-refractivity contribution in [2.75, 3.05) is 7.11 Å². The summed E-state index contributed by atoms with van der Waals surface area (Å²) < 4.78 is 5.68. The van der Waals surface area contributed by atoms with Crippen molar-refractivity contribution in [2.24, 2.45) is 0 Å². The van der Waals surface area contributed by atoms with E-state index in [4.69, 9.17) is 0 Å². The smallest absolute Gasteiger partial charge is 0.328 e. The van der Waals surface area contributed by atoms with Crippen molar-refractivity contribution >= 4 is 17.6 Å². The molecule has 0 aliphatic heterocycles. The van der Waals surface area contributed by atoms with E-state index >= 15 is 0 Å². The zero-order valence-corrected chi connectivity index (χ0v) is 16.1. The van der Waals surface area contributed by atoms with Crippen molar-refractivity contribution in [1.29, 1.82) is 0 Å². The van der Waals surface area contributed by atoms with Gasteiger partial charge in [-0.1, -0.05) is 18.2 Å². The fourth-order valence-corrected chi connectivity index (χ4v) is 2.72. The number of H-pyrrole nitrogens is 1. The normalized spacial score (nSPS) is 11.6. The van der Waals surface area contributed by atoms with Crippen molar-refractivity contribution in [3.63, 3.8) is 0 Å². The zero-order chi connectivity index (χ0) is 21.7. The molecule has 2 aromatic rings. The van der Waals surface area contributed by atoms with Gasteiger partial charge in [0.25, 0.3) is 11.2 Å². The van der Waals surface area contributed by atoms with Crippen LogP contribution in [0.15, 0.2) is 40.1 Å². The van der Waals surface area contributed by atoms with E-state index in [1.54, 1.807) is 6.07 Å². The maximum absolute atomic E-state index is 12.9. The van der Waals surface area contributed by atoms with Crippen LogP contribution in [-0.4, -0.2) is 44.4 Å². The van der Waals surface area contributed by atoms with E-state index in [9.17, 15) is 29.3 Å². The molecule has 2 rings (SSSR count). The Morgan fingerprint density at radius 3 is 2.59 bits per heavy atom. The van der Waals surface area contributed by atoms with Gasteiger partial charge in [0.05, 0.1) is 18.6 Å². The molecule has 29 heavy (non-hydrogen) atoms. The molecule has 0 aliphatic rings. The molecule has 1 atom stereocenters. The Morgan fingerprint density at radius 1 is 1.31 bits per heavy atom. The van der Waals surface area contributed by atoms with Crippen LogP contribution in [0.4, 0.5) is 5.69 Å². The Balaban J connectivity index is 2.41. The van der Waals surface area contributed by atoms with Gasteiger partial charge in [-0.25, -0.2) is 9.59 Å². The number of methoxy groups -OCH3 is 1. The number of amides is 1. The Hall–Kier alpha value is -3.76. The molecule has 0 radical (unpaired) electrons. The number of aryl methyl sites for hydroxylation is 1. The summed E-state index contributed by atoms with van der Waals surface area (Å²) in [5, 5.41) is 11.3. The largest absolute Gasteiger partial charge is 0.467 e. The summed E-state index contributed by atoms with van der Waals surface area (Å²) in [4.78, 5) is 62.2. The van der Waals surface area contributed by atoms with Gasteiger partial charge >= 0.3 is 11.7 Å². The number of carbonyl (C=O) groups excluding carboxylic acids is 2. The molecule has 0 saturated carbocycles. The third-order valence-electron chi connectivity index (χ3n) is 4.35. The number of aromatic nitrogens is 2. The molecule has 0 unspecified atom stereocenters. The first kappa shape index (κ1) is 21.5. The van der Waals surface area contributed by atoms with Crippen molar-refractivity contribution in [3.05, 3.63) is 72.5 Å². The van der Waals surface area contributed by atoms with Crippen LogP contribution in [-0.2, 0) is 27.4 Å². The van der Waals surface area contributed by atoms with Gasteiger partial charge in [-0.15, -0.1) is 0 Å². The number of carbonyl (C=O) groups is 2. The third kappa shape index (κ3) is 4.94. The van der Waals surface area contributed by atoms with Crippen LogP contribution in [0.25, 0.3) is 0 Å². The molecule has 0 saturated heterocycles. The highest BCUT2D eigenvalue weighted by Gasteiger charge is 2.29. The molecule has 1 heterocycles. The molecule has 0 fully saturated rings. The van der Waals surface area contributed by atoms with E-state index in [2.05, 4.69) is 9.72 Å². The summed E-state index contributed by atoms with van der Waals surface area (Å²) >= 11 is 0. The molecule has 1 N–H and O–H groups in total. The van der Waals surface area contributed by atoms with Crippen molar-refractivity contribution < 1.29 is 19.2 Å². The fourth-order valence-electron chi connectivity index (χ4n) is 2.72. The lowest BCUT2D eigenvalue weighted by molar-refractivity contribution is -0.385. The lowest BCUT2D eigenvalue weighted by Crippen LogP contribution is -2.46. The number of aromatic amines is 1. The lowest BCUT2D eigenvalue weighted by atomic mass is 10.1. The number of hydrogen-bond donors (Lipinski definition) is 1. The third-order valence-corrected chi connectivity index (χ3v) is 4.35. The summed E-state index contributed by atoms with van der Waals surface area (Å²) in [6, 6.07) is 4.76. The molecule has 154 valence electrons. The van der Waals surface area contributed by atoms with Crippen LogP contribution in [0.3, 0.4) is 0 Å². The van der Waals surface area contributed by atoms with E-state index < -0.39 is 40.6 Å². The van der Waals surface area contributed by atoms with Crippen LogP contribution in [0.2, 0.25) is 0 Å². The van der Waals surface area contributed by atoms with Gasteiger partial charge in [0.2, 0.25) is 5.91 Å². The second-order valence-electron chi connectivity index (χ2n) is 6.31. The van der Waals surface area contributed by atoms with Crippen LogP contribution >= 0.6 is 0 Å². The van der Waals surface area contributed by atoms with Crippen LogP contribution < -0.4 is 11.2 Å².